The fraction of sp³-hybridized carbons (Fsp3) is 0.818. The number of methoxy groups -OCH3 is 1. The molecule has 0 aromatic carbocycles. The van der Waals surface area contributed by atoms with Crippen LogP contribution in [-0.4, -0.2) is 29.8 Å². The van der Waals surface area contributed by atoms with Crippen LogP contribution in [0.5, 0.6) is 0 Å². The van der Waals surface area contributed by atoms with E-state index >= 15 is 0 Å². The zero-order valence-corrected chi connectivity index (χ0v) is 11.1. The summed E-state index contributed by atoms with van der Waals surface area (Å²) in [6.45, 7) is 6.04. The van der Waals surface area contributed by atoms with Gasteiger partial charge < -0.3 is 10.1 Å². The molecule has 0 saturated carbocycles. The van der Waals surface area contributed by atoms with E-state index in [1.54, 1.807) is 7.11 Å². The summed E-state index contributed by atoms with van der Waals surface area (Å²) in [6.07, 6.45) is 3.10. The molecule has 4 nitrogen and oxygen atoms in total. The number of hydrogen-bond donors (Lipinski definition) is 1. The first-order valence-corrected chi connectivity index (χ1v) is 6.64. The Bertz CT molecular complexity index is 291. The molecule has 0 amide bonds. The lowest BCUT2D eigenvalue weighted by Gasteiger charge is -2.16. The first-order chi connectivity index (χ1) is 7.83. The molecule has 1 aromatic heterocycles. The monoisotopic (exact) mass is 243 g/mol. The van der Waals surface area contributed by atoms with E-state index in [1.807, 2.05) is 0 Å². The number of nitrogens with one attached hydrogen (secondary N) is 1. The molecular weight excluding hydrogens is 222 g/mol. The van der Waals surface area contributed by atoms with Gasteiger partial charge in [0.2, 0.25) is 0 Å². The van der Waals surface area contributed by atoms with Gasteiger partial charge >= 0.3 is 0 Å². The Balaban J connectivity index is 2.61. The van der Waals surface area contributed by atoms with E-state index in [0.29, 0.717) is 6.04 Å². The molecule has 1 heterocycles. The van der Waals surface area contributed by atoms with Gasteiger partial charge in [0.1, 0.15) is 0 Å². The maximum Gasteiger partial charge on any atom is 0.0800 e. The number of hydrogen-bond acceptors (Lipinski definition) is 5. The molecule has 92 valence electrons. The first-order valence-electron chi connectivity index (χ1n) is 5.86. The van der Waals surface area contributed by atoms with Crippen molar-refractivity contribution in [3.8, 4) is 0 Å². The van der Waals surface area contributed by atoms with E-state index in [-0.39, 0.29) is 0 Å². The lowest BCUT2D eigenvalue weighted by Crippen LogP contribution is -2.21. The summed E-state index contributed by atoms with van der Waals surface area (Å²) in [7, 11) is 1.74. The molecule has 1 atom stereocenters. The molecular formula is C11H21N3OS. The van der Waals surface area contributed by atoms with Crippen LogP contribution in [0.15, 0.2) is 0 Å². The van der Waals surface area contributed by atoms with Gasteiger partial charge in [0.25, 0.3) is 0 Å². The molecule has 0 aliphatic carbocycles. The second-order valence-electron chi connectivity index (χ2n) is 3.68. The second kappa shape index (κ2) is 7.70. The van der Waals surface area contributed by atoms with Gasteiger partial charge in [0, 0.05) is 19.8 Å². The number of aryl methyl sites for hydroxylation is 1. The summed E-state index contributed by atoms with van der Waals surface area (Å²) in [6, 6.07) is 0.384. The zero-order chi connectivity index (χ0) is 11.8. The zero-order valence-electron chi connectivity index (χ0n) is 10.3. The highest BCUT2D eigenvalue weighted by Gasteiger charge is 2.16. The van der Waals surface area contributed by atoms with Crippen molar-refractivity contribution in [1.29, 1.82) is 0 Å². The van der Waals surface area contributed by atoms with Gasteiger partial charge in [0.05, 0.1) is 10.6 Å². The molecule has 1 unspecified atom stereocenters. The van der Waals surface area contributed by atoms with E-state index in [1.165, 1.54) is 16.4 Å². The van der Waals surface area contributed by atoms with Crippen LogP contribution in [0.25, 0.3) is 0 Å². The van der Waals surface area contributed by atoms with Crippen molar-refractivity contribution in [3.05, 3.63) is 10.6 Å². The minimum atomic E-state index is 0.384. The van der Waals surface area contributed by atoms with E-state index in [9.17, 15) is 0 Å². The quantitative estimate of drug-likeness (QED) is 0.711. The van der Waals surface area contributed by atoms with Gasteiger partial charge in [-0.3, -0.25) is 0 Å². The third-order valence-corrected chi connectivity index (χ3v) is 3.41. The van der Waals surface area contributed by atoms with Crippen LogP contribution in [0, 0.1) is 0 Å². The van der Waals surface area contributed by atoms with Crippen molar-refractivity contribution in [2.45, 2.75) is 39.2 Å². The van der Waals surface area contributed by atoms with Crippen LogP contribution < -0.4 is 5.32 Å². The molecule has 1 aromatic rings. The third kappa shape index (κ3) is 3.81. The summed E-state index contributed by atoms with van der Waals surface area (Å²) in [5.74, 6) is 0. The average Bonchev–Trinajstić information content (AvgIpc) is 2.76. The molecule has 1 N–H and O–H groups in total. The highest BCUT2D eigenvalue weighted by Crippen LogP contribution is 2.24. The molecule has 0 spiro atoms. The Morgan fingerprint density at radius 2 is 2.25 bits per heavy atom. The number of rotatable bonds is 8. The molecule has 1 rings (SSSR count). The van der Waals surface area contributed by atoms with E-state index in [0.717, 1.165) is 38.1 Å². The summed E-state index contributed by atoms with van der Waals surface area (Å²) < 4.78 is 9.13. The van der Waals surface area contributed by atoms with Crippen LogP contribution in [0.4, 0.5) is 0 Å². The summed E-state index contributed by atoms with van der Waals surface area (Å²) in [5.41, 5.74) is 1.13. The van der Waals surface area contributed by atoms with Gasteiger partial charge in [-0.15, -0.1) is 5.10 Å². The van der Waals surface area contributed by atoms with Crippen LogP contribution in [-0.2, 0) is 11.2 Å². The molecule has 0 radical (unpaired) electrons. The predicted octanol–water partition coefficient (Wildman–Crippen LogP) is 2.18. The topological polar surface area (TPSA) is 47.0 Å². The SMILES string of the molecule is CCNC(CCCOC)c1snnc1CC. The summed E-state index contributed by atoms with van der Waals surface area (Å²) >= 11 is 1.52. The largest absolute Gasteiger partial charge is 0.385 e. The number of nitrogens with zero attached hydrogens (tertiary/aromatic N) is 2. The molecule has 0 bridgehead atoms. The summed E-state index contributed by atoms with van der Waals surface area (Å²) in [5, 5.41) is 7.66. The highest BCUT2D eigenvalue weighted by atomic mass is 32.1. The van der Waals surface area contributed by atoms with Crippen LogP contribution in [0.1, 0.15) is 43.3 Å². The lowest BCUT2D eigenvalue weighted by atomic mass is 10.1. The van der Waals surface area contributed by atoms with Gasteiger partial charge in [-0.25, -0.2) is 0 Å². The van der Waals surface area contributed by atoms with Crippen molar-refractivity contribution in [1.82, 2.24) is 14.9 Å². The minimum Gasteiger partial charge on any atom is -0.385 e. The normalized spacial score (nSPS) is 12.9. The Labute approximate surface area is 102 Å². The molecule has 0 aliphatic rings. The van der Waals surface area contributed by atoms with Crippen molar-refractivity contribution in [2.75, 3.05) is 20.3 Å². The van der Waals surface area contributed by atoms with Gasteiger partial charge in [-0.1, -0.05) is 18.3 Å². The Hall–Kier alpha value is -0.520. The molecule has 0 fully saturated rings. The second-order valence-corrected chi connectivity index (χ2v) is 4.47. The average molecular weight is 243 g/mol. The van der Waals surface area contributed by atoms with Crippen LogP contribution >= 0.6 is 11.5 Å². The Morgan fingerprint density at radius 1 is 1.44 bits per heavy atom. The van der Waals surface area contributed by atoms with Crippen molar-refractivity contribution in [3.63, 3.8) is 0 Å². The predicted molar refractivity (Wildman–Crippen MR) is 66.8 cm³/mol. The van der Waals surface area contributed by atoms with Gasteiger partial charge in [-0.2, -0.15) is 0 Å². The van der Waals surface area contributed by atoms with Crippen molar-refractivity contribution >= 4 is 11.5 Å². The Morgan fingerprint density at radius 3 is 2.88 bits per heavy atom. The van der Waals surface area contributed by atoms with Crippen molar-refractivity contribution < 1.29 is 4.74 Å². The third-order valence-electron chi connectivity index (χ3n) is 2.53. The molecule has 16 heavy (non-hydrogen) atoms. The highest BCUT2D eigenvalue weighted by molar-refractivity contribution is 7.05. The standard InChI is InChI=1S/C11H21N3OS/c1-4-9-11(16-14-13-9)10(12-5-2)7-6-8-15-3/h10,12H,4-8H2,1-3H3. The lowest BCUT2D eigenvalue weighted by molar-refractivity contribution is 0.189. The fourth-order valence-corrected chi connectivity index (χ4v) is 2.58. The van der Waals surface area contributed by atoms with Crippen molar-refractivity contribution in [2.24, 2.45) is 0 Å². The summed E-state index contributed by atoms with van der Waals surface area (Å²) in [4.78, 5) is 1.29. The maximum absolute atomic E-state index is 5.09. The first kappa shape index (κ1) is 13.5. The fourth-order valence-electron chi connectivity index (χ4n) is 1.73. The Kier molecular flexibility index (Phi) is 6.52. The molecule has 0 aliphatic heterocycles. The van der Waals surface area contributed by atoms with Gasteiger partial charge in [0.15, 0.2) is 0 Å². The molecule has 5 heteroatoms. The smallest absolute Gasteiger partial charge is 0.0800 e. The number of ether oxygens (including phenoxy) is 1. The number of aromatic nitrogens is 2. The van der Waals surface area contributed by atoms with E-state index in [2.05, 4.69) is 28.8 Å². The van der Waals surface area contributed by atoms with Gasteiger partial charge in [-0.05, 0) is 37.3 Å². The van der Waals surface area contributed by atoms with Crippen LogP contribution in [0.3, 0.4) is 0 Å². The van der Waals surface area contributed by atoms with E-state index in [4.69, 9.17) is 4.74 Å². The van der Waals surface area contributed by atoms with E-state index < -0.39 is 0 Å². The van der Waals surface area contributed by atoms with Crippen LogP contribution in [0.2, 0.25) is 0 Å². The molecule has 0 saturated heterocycles. The minimum absolute atomic E-state index is 0.384. The maximum atomic E-state index is 5.09.